The first-order valence-electron chi connectivity index (χ1n) is 5.20. The topological polar surface area (TPSA) is 12.0 Å². The summed E-state index contributed by atoms with van der Waals surface area (Å²) in [6, 6.07) is 7.74. The number of nitrogens with one attached hydrogen (secondary N) is 1. The van der Waals surface area contributed by atoms with Crippen molar-refractivity contribution in [2.24, 2.45) is 0 Å². The van der Waals surface area contributed by atoms with Crippen LogP contribution in [0.2, 0.25) is 5.02 Å². The van der Waals surface area contributed by atoms with Crippen LogP contribution >= 0.6 is 11.6 Å². The second-order valence-corrected chi connectivity index (χ2v) is 4.10. The minimum absolute atomic E-state index is 0.0644. The number of anilines is 1. The second kappa shape index (κ2) is 5.31. The molecule has 0 aliphatic heterocycles. The van der Waals surface area contributed by atoms with Gasteiger partial charge in [-0.2, -0.15) is 0 Å². The summed E-state index contributed by atoms with van der Waals surface area (Å²) in [6.45, 7) is 0.0644. The predicted octanol–water partition coefficient (Wildman–Crippen LogP) is 4.37. The Morgan fingerprint density at radius 1 is 1.06 bits per heavy atom. The minimum atomic E-state index is -0.903. The first kappa shape index (κ1) is 12.8. The largest absolute Gasteiger partial charge is 0.380 e. The van der Waals surface area contributed by atoms with Crippen LogP contribution in [0.4, 0.5) is 18.9 Å². The molecule has 0 saturated carbocycles. The van der Waals surface area contributed by atoms with E-state index in [9.17, 15) is 13.2 Å². The highest BCUT2D eigenvalue weighted by Gasteiger charge is 2.08. The van der Waals surface area contributed by atoms with Gasteiger partial charge in [0.05, 0.1) is 10.7 Å². The quantitative estimate of drug-likeness (QED) is 0.874. The van der Waals surface area contributed by atoms with E-state index in [2.05, 4.69) is 5.32 Å². The highest BCUT2D eigenvalue weighted by molar-refractivity contribution is 6.33. The summed E-state index contributed by atoms with van der Waals surface area (Å²) in [5.41, 5.74) is 0.636. The fourth-order valence-electron chi connectivity index (χ4n) is 1.51. The molecule has 0 bridgehead atoms. The minimum Gasteiger partial charge on any atom is -0.380 e. The lowest BCUT2D eigenvalue weighted by Gasteiger charge is -2.09. The monoisotopic (exact) mass is 271 g/mol. The number of halogens is 4. The number of hydrogen-bond donors (Lipinski definition) is 1. The van der Waals surface area contributed by atoms with E-state index in [0.29, 0.717) is 5.69 Å². The molecule has 1 nitrogen and oxygen atoms in total. The van der Waals surface area contributed by atoms with E-state index in [1.165, 1.54) is 24.3 Å². The van der Waals surface area contributed by atoms with E-state index in [1.807, 2.05) is 0 Å². The molecular formula is C13H9ClF3N. The Hall–Kier alpha value is -1.68. The van der Waals surface area contributed by atoms with E-state index in [4.69, 9.17) is 11.6 Å². The van der Waals surface area contributed by atoms with Crippen LogP contribution < -0.4 is 5.32 Å². The van der Waals surface area contributed by atoms with E-state index in [0.717, 1.165) is 12.1 Å². The van der Waals surface area contributed by atoms with Gasteiger partial charge in [-0.05, 0) is 24.3 Å². The molecular weight excluding hydrogens is 263 g/mol. The van der Waals surface area contributed by atoms with Crippen molar-refractivity contribution in [3.05, 3.63) is 64.4 Å². The highest BCUT2D eigenvalue weighted by atomic mass is 35.5. The number of rotatable bonds is 3. The molecule has 1 N–H and O–H groups in total. The lowest BCUT2D eigenvalue weighted by Crippen LogP contribution is -2.03. The maximum atomic E-state index is 13.4. The molecule has 0 atom stereocenters. The molecule has 0 saturated heterocycles. The van der Waals surface area contributed by atoms with Crippen LogP contribution in [-0.2, 0) is 6.54 Å². The number of benzene rings is 2. The van der Waals surface area contributed by atoms with Gasteiger partial charge in [0.1, 0.15) is 5.82 Å². The maximum Gasteiger partial charge on any atom is 0.163 e. The van der Waals surface area contributed by atoms with Gasteiger partial charge < -0.3 is 5.32 Å². The van der Waals surface area contributed by atoms with Gasteiger partial charge >= 0.3 is 0 Å². The molecule has 94 valence electrons. The molecule has 0 spiro atoms. The summed E-state index contributed by atoms with van der Waals surface area (Å²) in [5.74, 6) is -2.26. The first-order chi connectivity index (χ1) is 8.58. The van der Waals surface area contributed by atoms with Crippen LogP contribution in [0.25, 0.3) is 0 Å². The summed E-state index contributed by atoms with van der Waals surface area (Å²) in [6.07, 6.45) is 0. The Labute approximate surface area is 107 Å². The maximum absolute atomic E-state index is 13.4. The molecule has 2 aromatic carbocycles. The summed E-state index contributed by atoms with van der Waals surface area (Å²) in [5, 5.41) is 3.01. The van der Waals surface area contributed by atoms with Gasteiger partial charge in [0.15, 0.2) is 11.6 Å². The van der Waals surface area contributed by atoms with Crippen LogP contribution in [0.1, 0.15) is 5.56 Å². The Morgan fingerprint density at radius 2 is 1.83 bits per heavy atom. The molecule has 18 heavy (non-hydrogen) atoms. The average molecular weight is 272 g/mol. The van der Waals surface area contributed by atoms with Gasteiger partial charge in [0.2, 0.25) is 0 Å². The molecule has 0 heterocycles. The van der Waals surface area contributed by atoms with Crippen LogP contribution in [0, 0.1) is 17.5 Å². The Morgan fingerprint density at radius 3 is 2.56 bits per heavy atom. The lowest BCUT2D eigenvalue weighted by molar-refractivity contribution is 0.500. The van der Waals surface area contributed by atoms with Gasteiger partial charge in [0, 0.05) is 12.1 Å². The Kier molecular flexibility index (Phi) is 3.77. The van der Waals surface area contributed by atoms with Gasteiger partial charge in [0.25, 0.3) is 0 Å². The molecule has 0 amide bonds. The Balaban J connectivity index is 2.14. The predicted molar refractivity (Wildman–Crippen MR) is 65.1 cm³/mol. The zero-order valence-electron chi connectivity index (χ0n) is 9.18. The summed E-state index contributed by atoms with van der Waals surface area (Å²) in [7, 11) is 0. The molecule has 0 aromatic heterocycles. The van der Waals surface area contributed by atoms with Crippen molar-refractivity contribution in [1.29, 1.82) is 0 Å². The molecule has 0 unspecified atom stereocenters. The van der Waals surface area contributed by atoms with Crippen molar-refractivity contribution in [3.63, 3.8) is 0 Å². The van der Waals surface area contributed by atoms with Crippen molar-refractivity contribution >= 4 is 17.3 Å². The van der Waals surface area contributed by atoms with E-state index in [1.54, 1.807) is 0 Å². The molecule has 0 aliphatic carbocycles. The van der Waals surface area contributed by atoms with Crippen LogP contribution in [0.5, 0.6) is 0 Å². The molecule has 0 fully saturated rings. The van der Waals surface area contributed by atoms with Gasteiger partial charge in [-0.3, -0.25) is 0 Å². The van der Waals surface area contributed by atoms with Crippen molar-refractivity contribution < 1.29 is 13.2 Å². The van der Waals surface area contributed by atoms with E-state index >= 15 is 0 Å². The SMILES string of the molecule is Fc1ccc(NCc2cccc(F)c2F)c(Cl)c1. The van der Waals surface area contributed by atoms with Crippen LogP contribution in [-0.4, -0.2) is 0 Å². The van der Waals surface area contributed by atoms with Crippen LogP contribution in [0.15, 0.2) is 36.4 Å². The third-order valence-electron chi connectivity index (χ3n) is 2.43. The Bertz CT molecular complexity index is 572. The third-order valence-corrected chi connectivity index (χ3v) is 2.74. The van der Waals surface area contributed by atoms with Gasteiger partial charge in [-0.1, -0.05) is 23.7 Å². The molecule has 2 rings (SSSR count). The van der Waals surface area contributed by atoms with E-state index < -0.39 is 17.5 Å². The fraction of sp³-hybridized carbons (Fsp3) is 0.0769. The van der Waals surface area contributed by atoms with E-state index in [-0.39, 0.29) is 17.1 Å². The smallest absolute Gasteiger partial charge is 0.163 e. The summed E-state index contributed by atoms with van der Waals surface area (Å²) >= 11 is 5.80. The zero-order valence-corrected chi connectivity index (χ0v) is 9.94. The molecule has 5 heteroatoms. The molecule has 0 radical (unpaired) electrons. The van der Waals surface area contributed by atoms with Crippen molar-refractivity contribution in [1.82, 2.24) is 0 Å². The normalized spacial score (nSPS) is 10.4. The van der Waals surface area contributed by atoms with Gasteiger partial charge in [-0.15, -0.1) is 0 Å². The van der Waals surface area contributed by atoms with Gasteiger partial charge in [-0.25, -0.2) is 13.2 Å². The first-order valence-corrected chi connectivity index (χ1v) is 5.57. The van der Waals surface area contributed by atoms with Crippen molar-refractivity contribution in [2.75, 3.05) is 5.32 Å². The van der Waals surface area contributed by atoms with Crippen LogP contribution in [0.3, 0.4) is 0 Å². The molecule has 2 aromatic rings. The second-order valence-electron chi connectivity index (χ2n) is 3.69. The lowest BCUT2D eigenvalue weighted by atomic mass is 10.2. The van der Waals surface area contributed by atoms with Crippen molar-refractivity contribution in [3.8, 4) is 0 Å². The highest BCUT2D eigenvalue weighted by Crippen LogP contribution is 2.23. The standard InChI is InChI=1S/C13H9ClF3N/c14-10-6-9(15)4-5-12(10)18-7-8-2-1-3-11(16)13(8)17/h1-6,18H,7H2. The van der Waals surface area contributed by atoms with Crippen molar-refractivity contribution in [2.45, 2.75) is 6.54 Å². The molecule has 0 aliphatic rings. The fourth-order valence-corrected chi connectivity index (χ4v) is 1.74. The summed E-state index contributed by atoms with van der Waals surface area (Å²) < 4.78 is 39.1. The summed E-state index contributed by atoms with van der Waals surface area (Å²) in [4.78, 5) is 0. The average Bonchev–Trinajstić information content (AvgIpc) is 2.33. The number of hydrogen-bond acceptors (Lipinski definition) is 1. The third kappa shape index (κ3) is 2.76. The zero-order chi connectivity index (χ0) is 13.1.